The number of nitrogens with zero attached hydrogens (tertiary/aromatic N) is 3. The molecule has 1 aliphatic heterocycles. The number of aliphatic hydroxyl groups excluding tert-OH is 1. The lowest BCUT2D eigenvalue weighted by molar-refractivity contribution is -0.134. The number of para-hydroxylation sites is 1. The number of carbonyl (C=O) groups excluding carboxylic acids is 1. The Bertz CT molecular complexity index is 759. The Morgan fingerprint density at radius 2 is 2.15 bits per heavy atom. The first kappa shape index (κ1) is 18.4. The van der Waals surface area contributed by atoms with E-state index in [0.29, 0.717) is 19.6 Å². The summed E-state index contributed by atoms with van der Waals surface area (Å²) in [4.78, 5) is 16.2. The van der Waals surface area contributed by atoms with Gasteiger partial charge < -0.3 is 14.7 Å². The van der Waals surface area contributed by atoms with Gasteiger partial charge in [-0.25, -0.2) is 0 Å². The van der Waals surface area contributed by atoms with Crippen molar-refractivity contribution < 1.29 is 14.6 Å². The number of rotatable bonds is 6. The van der Waals surface area contributed by atoms with Crippen LogP contribution in [0.1, 0.15) is 5.56 Å². The van der Waals surface area contributed by atoms with Gasteiger partial charge in [0.25, 0.3) is 0 Å². The van der Waals surface area contributed by atoms with Crippen LogP contribution >= 0.6 is 0 Å². The number of amides is 1. The van der Waals surface area contributed by atoms with E-state index in [0.717, 1.165) is 22.6 Å². The molecule has 2 heterocycles. The van der Waals surface area contributed by atoms with E-state index in [9.17, 15) is 9.90 Å². The van der Waals surface area contributed by atoms with E-state index in [1.165, 1.54) is 0 Å². The Kier molecular flexibility index (Phi) is 5.58. The van der Waals surface area contributed by atoms with Crippen LogP contribution in [0.2, 0.25) is 0 Å². The first-order valence-corrected chi connectivity index (χ1v) is 8.75. The van der Waals surface area contributed by atoms with Gasteiger partial charge in [-0.3, -0.25) is 14.8 Å². The minimum Gasteiger partial charge on any atom is -0.496 e. The fraction of sp³-hybridized carbons (Fsp3) is 0.474. The average Bonchev–Trinajstić information content (AvgIpc) is 3.27. The summed E-state index contributed by atoms with van der Waals surface area (Å²) in [5.41, 5.74) is 2.93. The Balaban J connectivity index is 1.79. The minimum absolute atomic E-state index is 0.0193. The van der Waals surface area contributed by atoms with Gasteiger partial charge >= 0.3 is 0 Å². The van der Waals surface area contributed by atoms with Crippen molar-refractivity contribution in [3.63, 3.8) is 0 Å². The second kappa shape index (κ2) is 7.88. The predicted molar refractivity (Wildman–Crippen MR) is 98.6 cm³/mol. The van der Waals surface area contributed by atoms with Gasteiger partial charge in [0.05, 0.1) is 24.9 Å². The standard InChI is InChI=1S/C19H26N4O3/c1-22(2)19(25)16-11-23(10-14(16)12-24)9-13-8-20-21-18(13)15-6-4-5-7-17(15)26-3/h4-8,14,16,24H,9-12H2,1-3H3,(H,20,21). The van der Waals surface area contributed by atoms with Crippen LogP contribution in [-0.2, 0) is 11.3 Å². The molecule has 2 atom stereocenters. The van der Waals surface area contributed by atoms with Crippen molar-refractivity contribution in [1.29, 1.82) is 0 Å². The number of ether oxygens (including phenoxy) is 1. The lowest BCUT2D eigenvalue weighted by Crippen LogP contribution is -2.35. The maximum absolute atomic E-state index is 12.4. The zero-order chi connectivity index (χ0) is 18.7. The second-order valence-electron chi connectivity index (χ2n) is 6.95. The van der Waals surface area contributed by atoms with Gasteiger partial charge in [0.15, 0.2) is 0 Å². The molecule has 140 valence electrons. The summed E-state index contributed by atoms with van der Waals surface area (Å²) in [6.45, 7) is 2.01. The van der Waals surface area contributed by atoms with Gasteiger partial charge in [0.2, 0.25) is 5.91 Å². The first-order valence-electron chi connectivity index (χ1n) is 8.75. The van der Waals surface area contributed by atoms with E-state index in [-0.39, 0.29) is 24.3 Å². The Morgan fingerprint density at radius 1 is 1.38 bits per heavy atom. The highest BCUT2D eigenvalue weighted by atomic mass is 16.5. The molecule has 0 spiro atoms. The molecule has 2 aromatic rings. The van der Waals surface area contributed by atoms with E-state index in [1.54, 1.807) is 26.1 Å². The highest BCUT2D eigenvalue weighted by molar-refractivity contribution is 5.79. The van der Waals surface area contributed by atoms with Crippen LogP contribution in [0.15, 0.2) is 30.5 Å². The number of H-pyrrole nitrogens is 1. The number of carbonyl (C=O) groups is 1. The first-order chi connectivity index (χ1) is 12.5. The van der Waals surface area contributed by atoms with Crippen molar-refractivity contribution >= 4 is 5.91 Å². The van der Waals surface area contributed by atoms with E-state index in [2.05, 4.69) is 15.1 Å². The van der Waals surface area contributed by atoms with Gasteiger partial charge in [0, 0.05) is 57.4 Å². The number of aromatic nitrogens is 2. The van der Waals surface area contributed by atoms with Gasteiger partial charge in [0.1, 0.15) is 5.75 Å². The summed E-state index contributed by atoms with van der Waals surface area (Å²) in [7, 11) is 5.17. The van der Waals surface area contributed by atoms with Crippen molar-refractivity contribution in [3.8, 4) is 17.0 Å². The van der Waals surface area contributed by atoms with E-state index < -0.39 is 0 Å². The summed E-state index contributed by atoms with van der Waals surface area (Å²) in [6.07, 6.45) is 1.82. The Morgan fingerprint density at radius 3 is 2.85 bits per heavy atom. The van der Waals surface area contributed by atoms with E-state index in [4.69, 9.17) is 4.74 Å². The van der Waals surface area contributed by atoms with Crippen LogP contribution in [0.3, 0.4) is 0 Å². The van der Waals surface area contributed by atoms with E-state index in [1.807, 2.05) is 30.5 Å². The van der Waals surface area contributed by atoms with Gasteiger partial charge in [-0.1, -0.05) is 12.1 Å². The SMILES string of the molecule is COc1ccccc1-c1[nH]ncc1CN1CC(CO)C(C(=O)N(C)C)C1. The number of nitrogens with one attached hydrogen (secondary N) is 1. The highest BCUT2D eigenvalue weighted by Crippen LogP contribution is 2.32. The molecule has 1 fully saturated rings. The molecule has 1 aromatic carbocycles. The number of methoxy groups -OCH3 is 1. The Hall–Kier alpha value is -2.38. The zero-order valence-electron chi connectivity index (χ0n) is 15.5. The van der Waals surface area contributed by atoms with Gasteiger partial charge in [-0.05, 0) is 12.1 Å². The molecule has 0 bridgehead atoms. The van der Waals surface area contributed by atoms with Crippen LogP contribution in [0.4, 0.5) is 0 Å². The number of hydrogen-bond donors (Lipinski definition) is 2. The fourth-order valence-corrected chi connectivity index (χ4v) is 3.64. The molecular weight excluding hydrogens is 332 g/mol. The lowest BCUT2D eigenvalue weighted by Gasteiger charge is -2.20. The molecule has 2 unspecified atom stereocenters. The monoisotopic (exact) mass is 358 g/mol. The summed E-state index contributed by atoms with van der Waals surface area (Å²) in [6, 6.07) is 7.81. The third-order valence-corrected chi connectivity index (χ3v) is 5.00. The number of aliphatic hydroxyl groups is 1. The lowest BCUT2D eigenvalue weighted by atomic mass is 9.96. The molecular formula is C19H26N4O3. The average molecular weight is 358 g/mol. The quantitative estimate of drug-likeness (QED) is 0.811. The van der Waals surface area contributed by atoms with Crippen LogP contribution in [0.25, 0.3) is 11.3 Å². The van der Waals surface area contributed by atoms with Crippen molar-refractivity contribution in [2.75, 3.05) is 40.9 Å². The predicted octanol–water partition coefficient (Wildman–Crippen LogP) is 1.21. The Labute approximate surface area is 153 Å². The molecule has 3 rings (SSSR count). The van der Waals surface area contributed by atoms with Gasteiger partial charge in [-0.2, -0.15) is 5.10 Å². The number of aromatic amines is 1. The third kappa shape index (κ3) is 3.59. The summed E-state index contributed by atoms with van der Waals surface area (Å²) < 4.78 is 5.46. The van der Waals surface area contributed by atoms with Crippen molar-refractivity contribution in [3.05, 3.63) is 36.0 Å². The van der Waals surface area contributed by atoms with Crippen molar-refractivity contribution in [1.82, 2.24) is 20.0 Å². The summed E-state index contributed by atoms with van der Waals surface area (Å²) >= 11 is 0. The maximum Gasteiger partial charge on any atom is 0.226 e. The maximum atomic E-state index is 12.4. The van der Waals surface area contributed by atoms with Crippen LogP contribution in [-0.4, -0.2) is 71.9 Å². The minimum atomic E-state index is -0.170. The largest absolute Gasteiger partial charge is 0.496 e. The van der Waals surface area contributed by atoms with Crippen molar-refractivity contribution in [2.24, 2.45) is 11.8 Å². The van der Waals surface area contributed by atoms with Crippen LogP contribution in [0.5, 0.6) is 5.75 Å². The molecule has 0 aliphatic carbocycles. The highest BCUT2D eigenvalue weighted by Gasteiger charge is 2.38. The molecule has 2 N–H and O–H groups in total. The second-order valence-corrected chi connectivity index (χ2v) is 6.95. The van der Waals surface area contributed by atoms with Crippen LogP contribution < -0.4 is 4.74 Å². The molecule has 0 radical (unpaired) electrons. The van der Waals surface area contributed by atoms with E-state index >= 15 is 0 Å². The molecule has 0 saturated carbocycles. The molecule has 1 aromatic heterocycles. The molecule has 1 amide bonds. The molecule has 7 nitrogen and oxygen atoms in total. The fourth-order valence-electron chi connectivity index (χ4n) is 3.64. The molecule has 26 heavy (non-hydrogen) atoms. The zero-order valence-corrected chi connectivity index (χ0v) is 15.5. The molecule has 7 heteroatoms. The molecule has 1 saturated heterocycles. The summed E-state index contributed by atoms with van der Waals surface area (Å²) in [5.74, 6) is 0.653. The van der Waals surface area contributed by atoms with Crippen molar-refractivity contribution in [2.45, 2.75) is 6.54 Å². The number of benzene rings is 1. The number of likely N-dealkylation sites (tertiary alicyclic amines) is 1. The normalized spacial score (nSPS) is 20.3. The number of hydrogen-bond acceptors (Lipinski definition) is 5. The smallest absolute Gasteiger partial charge is 0.226 e. The molecule has 1 aliphatic rings. The topological polar surface area (TPSA) is 81.7 Å². The van der Waals surface area contributed by atoms with Gasteiger partial charge in [-0.15, -0.1) is 0 Å². The third-order valence-electron chi connectivity index (χ3n) is 5.00. The summed E-state index contributed by atoms with van der Waals surface area (Å²) in [5, 5.41) is 17.0. The van der Waals surface area contributed by atoms with Crippen LogP contribution in [0, 0.1) is 11.8 Å².